The Bertz CT molecular complexity index is 280. The predicted octanol–water partition coefficient (Wildman–Crippen LogP) is 3.90. The quantitative estimate of drug-likeness (QED) is 0.876. The smallest absolute Gasteiger partial charge is 0.0895 e. The van der Waals surface area contributed by atoms with Crippen molar-refractivity contribution in [2.75, 3.05) is 0 Å². The number of aliphatic hydroxyl groups excluding tert-OH is 1. The Morgan fingerprint density at radius 1 is 1.54 bits per heavy atom. The van der Waals surface area contributed by atoms with Crippen molar-refractivity contribution < 1.29 is 5.11 Å². The van der Waals surface area contributed by atoms with E-state index in [1.807, 2.05) is 0 Å². The number of aliphatic hydroxyl groups is 1. The number of hydrogen-bond donors (Lipinski definition) is 1. The van der Waals surface area contributed by atoms with Crippen LogP contribution in [0.4, 0.5) is 0 Å². The van der Waals surface area contributed by atoms with E-state index in [0.717, 1.165) is 15.8 Å². The Labute approximate surface area is 91.9 Å². The molecule has 0 aliphatic rings. The molecule has 0 saturated heterocycles. The van der Waals surface area contributed by atoms with Gasteiger partial charge in [0.05, 0.1) is 6.10 Å². The van der Waals surface area contributed by atoms with Crippen molar-refractivity contribution in [3.8, 4) is 0 Å². The van der Waals surface area contributed by atoms with Crippen molar-refractivity contribution in [2.45, 2.75) is 33.3 Å². The van der Waals surface area contributed by atoms with Gasteiger partial charge in [0.25, 0.3) is 0 Å². The Balaban J connectivity index is 2.76. The van der Waals surface area contributed by atoms with Crippen LogP contribution in [0, 0.1) is 12.8 Å². The first-order chi connectivity index (χ1) is 6.00. The lowest BCUT2D eigenvalue weighted by Crippen LogP contribution is -2.00. The summed E-state index contributed by atoms with van der Waals surface area (Å²) in [4.78, 5) is 2.30. The highest BCUT2D eigenvalue weighted by molar-refractivity contribution is 9.10. The summed E-state index contributed by atoms with van der Waals surface area (Å²) in [7, 11) is 0. The largest absolute Gasteiger partial charge is 0.388 e. The number of aryl methyl sites for hydroxylation is 1. The van der Waals surface area contributed by atoms with Crippen LogP contribution in [0.3, 0.4) is 0 Å². The molecule has 1 unspecified atom stereocenters. The summed E-state index contributed by atoms with van der Waals surface area (Å²) in [5.74, 6) is 0.532. The van der Waals surface area contributed by atoms with E-state index >= 15 is 0 Å². The number of hydrogen-bond acceptors (Lipinski definition) is 2. The molecular formula is C10H15BrOS. The lowest BCUT2D eigenvalue weighted by Gasteiger charge is -2.11. The third-order valence-electron chi connectivity index (χ3n) is 1.83. The van der Waals surface area contributed by atoms with Crippen molar-refractivity contribution in [1.82, 2.24) is 0 Å². The highest BCUT2D eigenvalue weighted by atomic mass is 79.9. The summed E-state index contributed by atoms with van der Waals surface area (Å²) in [6.45, 7) is 6.30. The summed E-state index contributed by atoms with van der Waals surface area (Å²) >= 11 is 5.13. The molecule has 0 saturated carbocycles. The SMILES string of the molecule is Cc1cc(Br)c(C(O)CC(C)C)s1. The molecule has 0 aliphatic heterocycles. The highest BCUT2D eigenvalue weighted by Crippen LogP contribution is 2.34. The molecule has 0 radical (unpaired) electrons. The molecule has 1 heterocycles. The Kier molecular flexibility index (Phi) is 3.95. The first-order valence-corrected chi connectivity index (χ1v) is 6.05. The molecule has 1 atom stereocenters. The fourth-order valence-corrected chi connectivity index (χ4v) is 3.20. The molecule has 1 aromatic heterocycles. The number of rotatable bonds is 3. The van der Waals surface area contributed by atoms with Crippen LogP contribution in [-0.4, -0.2) is 5.11 Å². The summed E-state index contributed by atoms with van der Waals surface area (Å²) in [6.07, 6.45) is 0.520. The summed E-state index contributed by atoms with van der Waals surface area (Å²) < 4.78 is 1.04. The monoisotopic (exact) mass is 262 g/mol. The second kappa shape index (κ2) is 4.58. The van der Waals surface area contributed by atoms with Crippen LogP contribution in [0.1, 0.15) is 36.1 Å². The molecule has 0 amide bonds. The number of thiophene rings is 1. The Morgan fingerprint density at radius 3 is 2.54 bits per heavy atom. The van der Waals surface area contributed by atoms with Gasteiger partial charge in [0, 0.05) is 14.2 Å². The summed E-state index contributed by atoms with van der Waals surface area (Å²) in [5.41, 5.74) is 0. The zero-order valence-corrected chi connectivity index (χ0v) is 10.6. The minimum atomic E-state index is -0.312. The average molecular weight is 263 g/mol. The van der Waals surface area contributed by atoms with Gasteiger partial charge in [0.15, 0.2) is 0 Å². The minimum Gasteiger partial charge on any atom is -0.388 e. The molecule has 13 heavy (non-hydrogen) atoms. The zero-order valence-electron chi connectivity index (χ0n) is 8.17. The van der Waals surface area contributed by atoms with E-state index < -0.39 is 0 Å². The van der Waals surface area contributed by atoms with Crippen LogP contribution in [-0.2, 0) is 0 Å². The van der Waals surface area contributed by atoms with Crippen LogP contribution >= 0.6 is 27.3 Å². The first kappa shape index (κ1) is 11.2. The second-order valence-electron chi connectivity index (χ2n) is 3.71. The molecule has 1 aromatic rings. The fourth-order valence-electron chi connectivity index (χ4n) is 1.28. The van der Waals surface area contributed by atoms with Crippen molar-refractivity contribution in [1.29, 1.82) is 0 Å². The van der Waals surface area contributed by atoms with Gasteiger partial charge in [0.2, 0.25) is 0 Å². The van der Waals surface area contributed by atoms with Crippen LogP contribution in [0.5, 0.6) is 0 Å². The topological polar surface area (TPSA) is 20.2 Å². The zero-order chi connectivity index (χ0) is 10.0. The fraction of sp³-hybridized carbons (Fsp3) is 0.600. The Hall–Kier alpha value is 0.140. The molecule has 1 nitrogen and oxygen atoms in total. The standard InChI is InChI=1S/C10H15BrOS/c1-6(2)4-9(12)10-8(11)5-7(3)13-10/h5-6,9,12H,4H2,1-3H3. The molecule has 0 bridgehead atoms. The van der Waals surface area contributed by atoms with E-state index in [1.54, 1.807) is 11.3 Å². The van der Waals surface area contributed by atoms with Crippen molar-refractivity contribution in [2.24, 2.45) is 5.92 Å². The molecular weight excluding hydrogens is 248 g/mol. The highest BCUT2D eigenvalue weighted by Gasteiger charge is 2.15. The molecule has 0 aromatic carbocycles. The molecule has 0 spiro atoms. The van der Waals surface area contributed by atoms with Gasteiger partial charge >= 0.3 is 0 Å². The van der Waals surface area contributed by atoms with Gasteiger partial charge in [-0.1, -0.05) is 13.8 Å². The van der Waals surface area contributed by atoms with Crippen molar-refractivity contribution in [3.63, 3.8) is 0 Å². The number of halogens is 1. The van der Waals surface area contributed by atoms with E-state index in [9.17, 15) is 5.11 Å². The van der Waals surface area contributed by atoms with E-state index in [4.69, 9.17) is 0 Å². The van der Waals surface area contributed by atoms with Gasteiger partial charge in [-0.3, -0.25) is 0 Å². The van der Waals surface area contributed by atoms with E-state index in [0.29, 0.717) is 5.92 Å². The average Bonchev–Trinajstić information content (AvgIpc) is 2.28. The normalized spacial score (nSPS) is 13.7. The van der Waals surface area contributed by atoms with E-state index in [1.165, 1.54) is 4.88 Å². The van der Waals surface area contributed by atoms with Crippen LogP contribution in [0.15, 0.2) is 10.5 Å². The van der Waals surface area contributed by atoms with Gasteiger partial charge in [-0.15, -0.1) is 11.3 Å². The van der Waals surface area contributed by atoms with Gasteiger partial charge in [-0.25, -0.2) is 0 Å². The molecule has 0 fully saturated rings. The van der Waals surface area contributed by atoms with Crippen molar-refractivity contribution in [3.05, 3.63) is 20.3 Å². The molecule has 1 rings (SSSR count). The van der Waals surface area contributed by atoms with Crippen LogP contribution in [0.25, 0.3) is 0 Å². The summed E-state index contributed by atoms with van der Waals surface area (Å²) in [5, 5.41) is 9.87. The van der Waals surface area contributed by atoms with Gasteiger partial charge in [-0.2, -0.15) is 0 Å². The maximum atomic E-state index is 9.87. The molecule has 0 aliphatic carbocycles. The first-order valence-electron chi connectivity index (χ1n) is 4.44. The molecule has 3 heteroatoms. The molecule has 1 N–H and O–H groups in total. The third kappa shape index (κ3) is 3.08. The van der Waals surface area contributed by atoms with Gasteiger partial charge in [0.1, 0.15) is 0 Å². The van der Waals surface area contributed by atoms with Crippen LogP contribution < -0.4 is 0 Å². The summed E-state index contributed by atoms with van der Waals surface area (Å²) in [6, 6.07) is 2.06. The van der Waals surface area contributed by atoms with E-state index in [2.05, 4.69) is 42.8 Å². The predicted molar refractivity (Wildman–Crippen MR) is 61.2 cm³/mol. The van der Waals surface area contributed by atoms with E-state index in [-0.39, 0.29) is 6.10 Å². The van der Waals surface area contributed by atoms with Crippen LogP contribution in [0.2, 0.25) is 0 Å². The second-order valence-corrected chi connectivity index (χ2v) is 5.86. The van der Waals surface area contributed by atoms with Gasteiger partial charge < -0.3 is 5.11 Å². The Morgan fingerprint density at radius 2 is 2.15 bits per heavy atom. The maximum absolute atomic E-state index is 9.87. The lowest BCUT2D eigenvalue weighted by molar-refractivity contribution is 0.154. The lowest BCUT2D eigenvalue weighted by atomic mass is 10.1. The molecule has 74 valence electrons. The minimum absolute atomic E-state index is 0.312. The maximum Gasteiger partial charge on any atom is 0.0895 e. The van der Waals surface area contributed by atoms with Crippen molar-refractivity contribution >= 4 is 27.3 Å². The van der Waals surface area contributed by atoms with Gasteiger partial charge in [-0.05, 0) is 41.3 Å². The third-order valence-corrected chi connectivity index (χ3v) is 3.90.